The number of nitrogens with two attached hydrogens (primary N) is 1. The van der Waals surface area contributed by atoms with Crippen LogP contribution in [0.2, 0.25) is 0 Å². The van der Waals surface area contributed by atoms with E-state index in [1.165, 1.54) is 0 Å². The number of carboxylic acids is 2. The average molecular weight is 722 g/mol. The van der Waals surface area contributed by atoms with Crippen molar-refractivity contribution in [3.63, 3.8) is 0 Å². The molecule has 0 saturated carbocycles. The normalized spacial score (nSPS) is 17.0. The molecule has 0 unspecified atom stereocenters. The Labute approximate surface area is 299 Å². The summed E-state index contributed by atoms with van der Waals surface area (Å²) >= 11 is 0. The van der Waals surface area contributed by atoms with Crippen LogP contribution in [-0.2, 0) is 20.9 Å². The molecule has 0 aromatic heterocycles. The molecule has 2 heterocycles. The van der Waals surface area contributed by atoms with E-state index in [9.17, 15) is 32.7 Å². The number of carbonyl (C=O) groups excluding carboxylic acids is 2. The fourth-order valence-electron chi connectivity index (χ4n) is 6.19. The fourth-order valence-corrected chi connectivity index (χ4v) is 6.19. The number of amidine groups is 1. The predicted molar refractivity (Wildman–Crippen MR) is 191 cm³/mol. The number of hydrogen-bond acceptors (Lipinski definition) is 7. The van der Waals surface area contributed by atoms with Gasteiger partial charge >= 0.3 is 18.1 Å². The summed E-state index contributed by atoms with van der Waals surface area (Å²) in [6.45, 7) is 7.30. The Balaban J connectivity index is 0.000000785. The van der Waals surface area contributed by atoms with E-state index < -0.39 is 24.0 Å². The summed E-state index contributed by atoms with van der Waals surface area (Å²) in [5.41, 5.74) is 11.2. The van der Waals surface area contributed by atoms with Gasteiger partial charge in [-0.05, 0) is 54.3 Å². The number of alkyl halides is 3. The number of nitrogens with one attached hydrogen (secondary N) is 1. The number of likely N-dealkylation sites (tertiary alicyclic amines) is 1. The fraction of sp³-hybridized carbons (Fsp3) is 0.342. The second kappa shape index (κ2) is 17.6. The van der Waals surface area contributed by atoms with Crippen LogP contribution >= 0.6 is 0 Å². The Morgan fingerprint density at radius 3 is 2.15 bits per heavy atom. The van der Waals surface area contributed by atoms with Crippen molar-refractivity contribution in [1.29, 1.82) is 0 Å². The number of fused-ring (bicyclic) bond motifs is 1. The molecular weight excluding hydrogens is 679 g/mol. The monoisotopic (exact) mass is 721 g/mol. The van der Waals surface area contributed by atoms with Crippen LogP contribution in [0.1, 0.15) is 66.1 Å². The smallest absolute Gasteiger partial charge is 0.481 e. The van der Waals surface area contributed by atoms with Gasteiger partial charge in [0, 0.05) is 67.4 Å². The van der Waals surface area contributed by atoms with Crippen LogP contribution in [0.3, 0.4) is 0 Å². The van der Waals surface area contributed by atoms with Crippen LogP contribution in [0.4, 0.5) is 24.5 Å². The molecule has 0 aliphatic carbocycles. The molecule has 5 N–H and O–H groups in total. The van der Waals surface area contributed by atoms with Crippen molar-refractivity contribution < 1.29 is 42.6 Å². The Bertz CT molecular complexity index is 1810. The number of amides is 2. The first-order chi connectivity index (χ1) is 24.7. The van der Waals surface area contributed by atoms with Crippen molar-refractivity contribution in [3.8, 4) is 0 Å². The predicted octanol–water partition coefficient (Wildman–Crippen LogP) is 6.30. The first kappa shape index (κ1) is 39.3. The number of anilines is 1. The summed E-state index contributed by atoms with van der Waals surface area (Å²) < 4.78 is 31.7. The molecule has 0 spiro atoms. The summed E-state index contributed by atoms with van der Waals surface area (Å²) in [6.07, 6.45) is -1.26. The maximum Gasteiger partial charge on any atom is 0.490 e. The standard InChI is InChI=1S/C36H41N5O4.C2HF3O2/c1-3-16-41(17-4-2)35(43)28-18-26-10-11-27(19-32(26)39-33(37)20-28)34(42)38-29-14-12-25(13-15-29)30-22-40(23-31(30)36(44)45)21-24-8-6-5-7-9-24;3-2(4,5)1(6)7/h5-15,18-19,30-31H,3-4,16-17,20-23H2,1-2H3,(H2,37,39)(H,38,42)(H,44,45);(H,6,7)/t30-,31+;/m1./s1. The highest BCUT2D eigenvalue weighted by Crippen LogP contribution is 2.35. The molecule has 52 heavy (non-hydrogen) atoms. The van der Waals surface area contributed by atoms with Crippen molar-refractivity contribution >= 4 is 47.0 Å². The molecule has 2 aliphatic heterocycles. The SMILES string of the molecule is CCCN(CCC)C(=O)C1=Cc2ccc(C(=O)Nc3ccc([C@H]4CN(Cc5ccccc5)C[C@@H]4C(=O)O)cc3)cc2N=C(N)C1.O=C(O)C(F)(F)F. The van der Waals surface area contributed by atoms with E-state index in [-0.39, 0.29) is 24.2 Å². The molecule has 276 valence electrons. The van der Waals surface area contributed by atoms with Crippen LogP contribution in [0.15, 0.2) is 83.4 Å². The lowest BCUT2D eigenvalue weighted by Gasteiger charge is -2.22. The molecule has 1 saturated heterocycles. The Morgan fingerprint density at radius 2 is 1.58 bits per heavy atom. The van der Waals surface area contributed by atoms with Crippen LogP contribution in [0.5, 0.6) is 0 Å². The van der Waals surface area contributed by atoms with Gasteiger partial charge in [-0.2, -0.15) is 13.2 Å². The minimum absolute atomic E-state index is 0.0360. The lowest BCUT2D eigenvalue weighted by atomic mass is 9.89. The lowest BCUT2D eigenvalue weighted by Crippen LogP contribution is -2.34. The highest BCUT2D eigenvalue weighted by atomic mass is 19.4. The van der Waals surface area contributed by atoms with Gasteiger partial charge in [0.1, 0.15) is 5.84 Å². The van der Waals surface area contributed by atoms with Gasteiger partial charge in [-0.1, -0.05) is 62.4 Å². The highest BCUT2D eigenvalue weighted by molar-refractivity contribution is 6.08. The van der Waals surface area contributed by atoms with Crippen molar-refractivity contribution in [2.75, 3.05) is 31.5 Å². The average Bonchev–Trinajstić information content (AvgIpc) is 3.44. The zero-order valence-corrected chi connectivity index (χ0v) is 28.9. The van der Waals surface area contributed by atoms with E-state index >= 15 is 0 Å². The number of aliphatic carboxylic acids is 2. The number of benzene rings is 3. The molecule has 3 aromatic carbocycles. The second-order valence-electron chi connectivity index (χ2n) is 12.6. The quantitative estimate of drug-likeness (QED) is 0.179. The molecule has 0 bridgehead atoms. The highest BCUT2D eigenvalue weighted by Gasteiger charge is 2.39. The molecule has 3 aromatic rings. The molecule has 5 rings (SSSR count). The minimum Gasteiger partial charge on any atom is -0.481 e. The molecular formula is C38H42F3N5O6. The lowest BCUT2D eigenvalue weighted by molar-refractivity contribution is -0.192. The van der Waals surface area contributed by atoms with E-state index in [0.717, 1.165) is 29.5 Å². The van der Waals surface area contributed by atoms with Gasteiger partial charge in [0.25, 0.3) is 5.91 Å². The Kier molecular flexibility index (Phi) is 13.3. The number of carboxylic acid groups (broad SMARTS) is 2. The van der Waals surface area contributed by atoms with E-state index in [4.69, 9.17) is 15.6 Å². The zero-order chi connectivity index (χ0) is 38.0. The third-order valence-corrected chi connectivity index (χ3v) is 8.61. The van der Waals surface area contributed by atoms with Crippen molar-refractivity contribution in [2.24, 2.45) is 16.6 Å². The number of rotatable bonds is 11. The van der Waals surface area contributed by atoms with Crippen molar-refractivity contribution in [1.82, 2.24) is 9.80 Å². The summed E-state index contributed by atoms with van der Waals surface area (Å²) in [6, 6.07) is 22.7. The third kappa shape index (κ3) is 10.5. The Hall–Kier alpha value is -5.50. The maximum absolute atomic E-state index is 13.3. The number of aliphatic imine (C=N–C) groups is 1. The van der Waals surface area contributed by atoms with Gasteiger partial charge < -0.3 is 26.2 Å². The van der Waals surface area contributed by atoms with Crippen LogP contribution in [-0.4, -0.2) is 82.0 Å². The van der Waals surface area contributed by atoms with E-state index in [0.29, 0.717) is 61.1 Å². The largest absolute Gasteiger partial charge is 0.490 e. The van der Waals surface area contributed by atoms with Gasteiger partial charge in [0.05, 0.1) is 11.6 Å². The van der Waals surface area contributed by atoms with Gasteiger partial charge in [-0.25, -0.2) is 9.79 Å². The first-order valence-corrected chi connectivity index (χ1v) is 16.9. The summed E-state index contributed by atoms with van der Waals surface area (Å²) in [5, 5.41) is 20.0. The van der Waals surface area contributed by atoms with Crippen LogP contribution < -0.4 is 11.1 Å². The first-order valence-electron chi connectivity index (χ1n) is 16.9. The Morgan fingerprint density at radius 1 is 0.942 bits per heavy atom. The molecule has 0 radical (unpaired) electrons. The molecule has 2 atom stereocenters. The minimum atomic E-state index is -5.08. The maximum atomic E-state index is 13.3. The van der Waals surface area contributed by atoms with Gasteiger partial charge in [-0.3, -0.25) is 19.3 Å². The third-order valence-electron chi connectivity index (χ3n) is 8.61. The van der Waals surface area contributed by atoms with Crippen LogP contribution in [0, 0.1) is 5.92 Å². The molecule has 14 heteroatoms. The van der Waals surface area contributed by atoms with Crippen LogP contribution in [0.25, 0.3) is 6.08 Å². The molecule has 2 amide bonds. The van der Waals surface area contributed by atoms with Gasteiger partial charge in [-0.15, -0.1) is 0 Å². The summed E-state index contributed by atoms with van der Waals surface area (Å²) in [5.74, 6) is -4.23. The number of hydrogen-bond donors (Lipinski definition) is 4. The molecule has 1 fully saturated rings. The number of nitrogens with zero attached hydrogens (tertiary/aromatic N) is 3. The summed E-state index contributed by atoms with van der Waals surface area (Å²) in [7, 11) is 0. The van der Waals surface area contributed by atoms with Gasteiger partial charge in [0.15, 0.2) is 0 Å². The number of halogens is 3. The van der Waals surface area contributed by atoms with E-state index in [1.54, 1.807) is 18.2 Å². The summed E-state index contributed by atoms with van der Waals surface area (Å²) in [4.78, 5) is 56.0. The van der Waals surface area contributed by atoms with Crippen molar-refractivity contribution in [3.05, 3.63) is 101 Å². The van der Waals surface area contributed by atoms with E-state index in [1.807, 2.05) is 53.4 Å². The topological polar surface area (TPSA) is 166 Å². The van der Waals surface area contributed by atoms with Crippen molar-refractivity contribution in [2.45, 2.75) is 51.7 Å². The van der Waals surface area contributed by atoms with E-state index in [2.05, 4.69) is 41.2 Å². The number of carbonyl (C=O) groups is 4. The second-order valence-corrected chi connectivity index (χ2v) is 12.6. The molecule has 11 nitrogen and oxygen atoms in total. The zero-order valence-electron chi connectivity index (χ0n) is 28.9. The molecule has 2 aliphatic rings. The van der Waals surface area contributed by atoms with Gasteiger partial charge in [0.2, 0.25) is 5.91 Å².